The molecule has 1 aliphatic heterocycles. The lowest BCUT2D eigenvalue weighted by Gasteiger charge is -2.29. The molecule has 0 radical (unpaired) electrons. The highest BCUT2D eigenvalue weighted by atomic mass is 19.1. The molecule has 2 unspecified atom stereocenters. The molecule has 6 nitrogen and oxygen atoms in total. The number of aromatic nitrogens is 1. The smallest absolute Gasteiger partial charge is 0.410 e. The van der Waals surface area contributed by atoms with Crippen molar-refractivity contribution < 1.29 is 19.0 Å². The average molecular weight is 335 g/mol. The number of amides is 1. The first-order chi connectivity index (χ1) is 10.9. The van der Waals surface area contributed by atoms with Crippen LogP contribution >= 0.6 is 0 Å². The minimum atomic E-state index is -1.14. The van der Waals surface area contributed by atoms with Gasteiger partial charge in [0.2, 0.25) is 0 Å². The predicted molar refractivity (Wildman–Crippen MR) is 87.5 cm³/mol. The molecule has 3 N–H and O–H groups in total. The molecule has 1 amide bonds. The summed E-state index contributed by atoms with van der Waals surface area (Å²) in [4.78, 5) is 16.5. The Hall–Kier alpha value is -2.33. The summed E-state index contributed by atoms with van der Waals surface area (Å²) in [7, 11) is 0. The van der Waals surface area contributed by atoms with Crippen molar-refractivity contribution in [2.75, 3.05) is 5.73 Å². The number of halogens is 1. The minimum Gasteiger partial charge on any atom is -0.465 e. The fraction of sp³-hybridized carbons (Fsp3) is 0.529. The Morgan fingerprint density at radius 2 is 2.08 bits per heavy atom. The molecule has 0 saturated carbocycles. The molecule has 1 aromatic rings. The Kier molecular flexibility index (Phi) is 4.46. The minimum absolute atomic E-state index is 0.00713. The SMILES string of the molecule is CC(C)(C)C1OC(C)(C)N(C(=O)O)C1C#Cc1c(N)cncc1F. The summed E-state index contributed by atoms with van der Waals surface area (Å²) in [6.45, 7) is 9.16. The molecule has 24 heavy (non-hydrogen) atoms. The van der Waals surface area contributed by atoms with E-state index in [2.05, 4.69) is 16.8 Å². The van der Waals surface area contributed by atoms with E-state index in [1.165, 1.54) is 6.20 Å². The van der Waals surface area contributed by atoms with Gasteiger partial charge in [0.25, 0.3) is 0 Å². The third-order valence-corrected chi connectivity index (χ3v) is 3.89. The van der Waals surface area contributed by atoms with E-state index in [1.807, 2.05) is 20.8 Å². The molecule has 1 fully saturated rings. The summed E-state index contributed by atoms with van der Waals surface area (Å²) in [6, 6.07) is -0.746. The second-order valence-electron chi connectivity index (χ2n) is 7.30. The molecular weight excluding hydrogens is 313 g/mol. The molecule has 2 atom stereocenters. The number of anilines is 1. The third-order valence-electron chi connectivity index (χ3n) is 3.89. The topological polar surface area (TPSA) is 88.7 Å². The van der Waals surface area contributed by atoms with Crippen molar-refractivity contribution in [3.05, 3.63) is 23.8 Å². The molecule has 0 bridgehead atoms. The van der Waals surface area contributed by atoms with Crippen LogP contribution in [0.2, 0.25) is 0 Å². The summed E-state index contributed by atoms with van der Waals surface area (Å²) in [6.07, 6.45) is 0.709. The quantitative estimate of drug-likeness (QED) is 0.712. The van der Waals surface area contributed by atoms with Gasteiger partial charge >= 0.3 is 6.09 Å². The second kappa shape index (κ2) is 5.95. The lowest BCUT2D eigenvalue weighted by atomic mass is 9.84. The number of rotatable bonds is 0. The fourth-order valence-corrected chi connectivity index (χ4v) is 2.77. The Labute approximate surface area is 140 Å². The zero-order valence-corrected chi connectivity index (χ0v) is 14.4. The van der Waals surface area contributed by atoms with Crippen molar-refractivity contribution in [1.29, 1.82) is 0 Å². The zero-order chi connectivity index (χ0) is 18.3. The summed E-state index contributed by atoms with van der Waals surface area (Å²) < 4.78 is 19.8. The Bertz CT molecular complexity index is 696. The fourth-order valence-electron chi connectivity index (χ4n) is 2.77. The molecule has 7 heteroatoms. The number of carbonyl (C=O) groups is 1. The standard InChI is InChI=1S/C17H22FN3O3/c1-16(2,3)14-13(21(15(22)23)17(4,5)24-14)7-6-10-11(18)8-20-9-12(10)19/h8-9,13-14H,19H2,1-5H3,(H,22,23). The van der Waals surface area contributed by atoms with Crippen LogP contribution in [0.1, 0.15) is 40.2 Å². The molecule has 1 aromatic heterocycles. The van der Waals surface area contributed by atoms with E-state index in [0.717, 1.165) is 11.1 Å². The van der Waals surface area contributed by atoms with E-state index in [-0.39, 0.29) is 16.7 Å². The number of pyridine rings is 1. The van der Waals surface area contributed by atoms with Gasteiger partial charge in [-0.15, -0.1) is 0 Å². The largest absolute Gasteiger partial charge is 0.465 e. The Balaban J connectivity index is 2.51. The molecule has 0 aliphatic carbocycles. The maximum Gasteiger partial charge on any atom is 0.410 e. The van der Waals surface area contributed by atoms with Crippen LogP contribution in [0.5, 0.6) is 0 Å². The van der Waals surface area contributed by atoms with Crippen LogP contribution in [-0.2, 0) is 4.74 Å². The van der Waals surface area contributed by atoms with Gasteiger partial charge in [-0.2, -0.15) is 0 Å². The van der Waals surface area contributed by atoms with Crippen LogP contribution in [0.15, 0.2) is 12.4 Å². The van der Waals surface area contributed by atoms with Crippen LogP contribution in [-0.4, -0.2) is 39.0 Å². The van der Waals surface area contributed by atoms with Crippen molar-refractivity contribution in [1.82, 2.24) is 9.88 Å². The lowest BCUT2D eigenvalue weighted by molar-refractivity contribution is -0.0923. The van der Waals surface area contributed by atoms with Crippen LogP contribution < -0.4 is 5.73 Å². The number of carboxylic acid groups (broad SMARTS) is 1. The van der Waals surface area contributed by atoms with Gasteiger partial charge in [0.05, 0.1) is 29.7 Å². The first-order valence-corrected chi connectivity index (χ1v) is 7.56. The zero-order valence-electron chi connectivity index (χ0n) is 14.4. The highest BCUT2D eigenvalue weighted by molar-refractivity contribution is 5.68. The van der Waals surface area contributed by atoms with Gasteiger partial charge in [-0.05, 0) is 19.3 Å². The van der Waals surface area contributed by atoms with Crippen LogP contribution in [0.3, 0.4) is 0 Å². The maximum atomic E-state index is 13.9. The van der Waals surface area contributed by atoms with Gasteiger partial charge < -0.3 is 15.6 Å². The number of ether oxygens (including phenoxy) is 1. The van der Waals surface area contributed by atoms with E-state index >= 15 is 0 Å². The normalized spacial score (nSPS) is 22.8. The first kappa shape index (κ1) is 18.0. The summed E-state index contributed by atoms with van der Waals surface area (Å²) in [5.41, 5.74) is 4.43. The second-order valence-corrected chi connectivity index (χ2v) is 7.30. The van der Waals surface area contributed by atoms with Crippen LogP contribution in [0.25, 0.3) is 0 Å². The number of hydrogen-bond donors (Lipinski definition) is 2. The van der Waals surface area contributed by atoms with E-state index in [9.17, 15) is 14.3 Å². The third kappa shape index (κ3) is 3.29. The number of nitrogens with two attached hydrogens (primary N) is 1. The van der Waals surface area contributed by atoms with Gasteiger partial charge in [-0.1, -0.05) is 32.6 Å². The number of hydrogen-bond acceptors (Lipinski definition) is 4. The summed E-state index contributed by atoms with van der Waals surface area (Å²) in [5.74, 6) is 4.87. The highest BCUT2D eigenvalue weighted by Crippen LogP contribution is 2.40. The van der Waals surface area contributed by atoms with Crippen molar-refractivity contribution in [2.24, 2.45) is 5.41 Å². The van der Waals surface area contributed by atoms with Crippen molar-refractivity contribution in [3.8, 4) is 11.8 Å². The lowest BCUT2D eigenvalue weighted by Crippen LogP contribution is -2.48. The molecule has 2 rings (SSSR count). The number of nitrogens with zero attached hydrogens (tertiary/aromatic N) is 2. The highest BCUT2D eigenvalue weighted by Gasteiger charge is 2.53. The molecule has 0 aromatic carbocycles. The Morgan fingerprint density at radius 1 is 1.46 bits per heavy atom. The Morgan fingerprint density at radius 3 is 2.58 bits per heavy atom. The van der Waals surface area contributed by atoms with E-state index in [0.29, 0.717) is 0 Å². The molecule has 1 aliphatic rings. The van der Waals surface area contributed by atoms with E-state index < -0.39 is 29.8 Å². The predicted octanol–water partition coefficient (Wildman–Crippen LogP) is 2.68. The van der Waals surface area contributed by atoms with Crippen LogP contribution in [0.4, 0.5) is 14.9 Å². The van der Waals surface area contributed by atoms with Crippen molar-refractivity contribution in [2.45, 2.75) is 52.5 Å². The monoisotopic (exact) mass is 335 g/mol. The number of nitrogen functional groups attached to an aromatic ring is 1. The van der Waals surface area contributed by atoms with Crippen molar-refractivity contribution in [3.63, 3.8) is 0 Å². The van der Waals surface area contributed by atoms with Gasteiger partial charge in [0, 0.05) is 0 Å². The summed E-state index contributed by atoms with van der Waals surface area (Å²) >= 11 is 0. The van der Waals surface area contributed by atoms with Gasteiger partial charge in [-0.25, -0.2) is 9.18 Å². The average Bonchev–Trinajstić information content (AvgIpc) is 2.69. The van der Waals surface area contributed by atoms with Crippen molar-refractivity contribution >= 4 is 11.8 Å². The molecular formula is C17H22FN3O3. The summed E-state index contributed by atoms with van der Waals surface area (Å²) in [5, 5.41) is 9.58. The maximum absolute atomic E-state index is 13.9. The van der Waals surface area contributed by atoms with Gasteiger partial charge in [-0.3, -0.25) is 9.88 Å². The van der Waals surface area contributed by atoms with E-state index in [1.54, 1.807) is 13.8 Å². The van der Waals surface area contributed by atoms with Gasteiger partial charge in [0.1, 0.15) is 11.8 Å². The first-order valence-electron chi connectivity index (χ1n) is 7.56. The van der Waals surface area contributed by atoms with Crippen LogP contribution in [0, 0.1) is 23.1 Å². The van der Waals surface area contributed by atoms with Gasteiger partial charge in [0.15, 0.2) is 5.82 Å². The molecule has 1 saturated heterocycles. The molecule has 2 heterocycles. The molecule has 0 spiro atoms. The molecule has 130 valence electrons. The van der Waals surface area contributed by atoms with E-state index in [4.69, 9.17) is 10.5 Å².